The topological polar surface area (TPSA) is 29.9 Å². The van der Waals surface area contributed by atoms with Crippen LogP contribution in [0.4, 0.5) is 0 Å². The highest BCUT2D eigenvalue weighted by Crippen LogP contribution is 2.48. The molecule has 0 bridgehead atoms. The van der Waals surface area contributed by atoms with Crippen LogP contribution in [-0.2, 0) is 6.54 Å². The van der Waals surface area contributed by atoms with E-state index in [-0.39, 0.29) is 0 Å². The molecule has 3 heteroatoms. The normalized spacial score (nSPS) is 23.7. The van der Waals surface area contributed by atoms with Gasteiger partial charge in [0.25, 0.3) is 0 Å². The van der Waals surface area contributed by atoms with E-state index in [4.69, 9.17) is 0 Å². The van der Waals surface area contributed by atoms with Crippen LogP contribution in [0, 0.1) is 11.3 Å². The predicted molar refractivity (Wildman–Crippen MR) is 80.1 cm³/mol. The van der Waals surface area contributed by atoms with Gasteiger partial charge in [0.15, 0.2) is 0 Å². The van der Waals surface area contributed by atoms with Crippen LogP contribution >= 0.6 is 0 Å². The zero-order valence-electron chi connectivity index (χ0n) is 12.9. The first kappa shape index (κ1) is 14.6. The molecular formula is C16H29N3. The quantitative estimate of drug-likeness (QED) is 0.846. The lowest BCUT2D eigenvalue weighted by molar-refractivity contribution is 0.192. The summed E-state index contributed by atoms with van der Waals surface area (Å²) in [7, 11) is 0. The molecule has 0 aliphatic heterocycles. The number of hydrogen-bond donors (Lipinski definition) is 1. The minimum absolute atomic E-state index is 0.439. The van der Waals surface area contributed by atoms with Gasteiger partial charge in [-0.1, -0.05) is 34.1 Å². The molecule has 1 aliphatic rings. The maximum Gasteiger partial charge on any atom is 0.0556 e. The highest BCUT2D eigenvalue weighted by Gasteiger charge is 2.40. The van der Waals surface area contributed by atoms with E-state index in [0.717, 1.165) is 25.4 Å². The molecule has 108 valence electrons. The van der Waals surface area contributed by atoms with Gasteiger partial charge in [-0.2, -0.15) is 5.10 Å². The smallest absolute Gasteiger partial charge is 0.0556 e. The van der Waals surface area contributed by atoms with Crippen molar-refractivity contribution in [3.8, 4) is 0 Å². The highest BCUT2D eigenvalue weighted by molar-refractivity contribution is 5.11. The lowest BCUT2D eigenvalue weighted by atomic mass is 9.76. The fourth-order valence-electron chi connectivity index (χ4n) is 3.65. The van der Waals surface area contributed by atoms with Gasteiger partial charge in [0.2, 0.25) is 0 Å². The number of nitrogens with zero attached hydrogens (tertiary/aromatic N) is 2. The molecule has 1 aromatic heterocycles. The van der Waals surface area contributed by atoms with Gasteiger partial charge in [0.1, 0.15) is 0 Å². The SMILES string of the molecule is CCCn1nccc1C(NCC)C1CCCC1(C)C. The van der Waals surface area contributed by atoms with Gasteiger partial charge in [0, 0.05) is 12.7 Å². The van der Waals surface area contributed by atoms with E-state index < -0.39 is 0 Å². The van der Waals surface area contributed by atoms with Crippen LogP contribution in [0.25, 0.3) is 0 Å². The first-order valence-corrected chi connectivity index (χ1v) is 7.85. The predicted octanol–water partition coefficient (Wildman–Crippen LogP) is 3.77. The largest absolute Gasteiger partial charge is 0.309 e. The summed E-state index contributed by atoms with van der Waals surface area (Å²) in [6, 6.07) is 2.66. The second kappa shape index (κ2) is 6.08. The number of aromatic nitrogens is 2. The van der Waals surface area contributed by atoms with E-state index in [9.17, 15) is 0 Å². The van der Waals surface area contributed by atoms with Gasteiger partial charge in [-0.05, 0) is 43.2 Å². The summed E-state index contributed by atoms with van der Waals surface area (Å²) >= 11 is 0. The molecule has 0 spiro atoms. The number of aryl methyl sites for hydroxylation is 1. The van der Waals surface area contributed by atoms with Crippen molar-refractivity contribution in [1.29, 1.82) is 0 Å². The van der Waals surface area contributed by atoms with Gasteiger partial charge < -0.3 is 5.32 Å². The van der Waals surface area contributed by atoms with Gasteiger partial charge in [-0.25, -0.2) is 0 Å². The molecule has 1 saturated carbocycles. The lowest BCUT2D eigenvalue weighted by Gasteiger charge is -2.35. The molecule has 1 fully saturated rings. The fraction of sp³-hybridized carbons (Fsp3) is 0.812. The molecule has 0 saturated heterocycles. The maximum absolute atomic E-state index is 4.50. The molecule has 1 N–H and O–H groups in total. The maximum atomic E-state index is 4.50. The Bertz CT molecular complexity index is 394. The summed E-state index contributed by atoms with van der Waals surface area (Å²) in [5, 5.41) is 8.23. The first-order valence-electron chi connectivity index (χ1n) is 7.85. The van der Waals surface area contributed by atoms with Crippen LogP contribution in [0.2, 0.25) is 0 Å². The number of nitrogens with one attached hydrogen (secondary N) is 1. The molecule has 0 radical (unpaired) electrons. The third-order valence-corrected chi connectivity index (χ3v) is 4.67. The van der Waals surface area contributed by atoms with Gasteiger partial charge in [0.05, 0.1) is 11.7 Å². The second-order valence-electron chi connectivity index (χ2n) is 6.50. The second-order valence-corrected chi connectivity index (χ2v) is 6.50. The molecule has 2 atom stereocenters. The van der Waals surface area contributed by atoms with Gasteiger partial charge in [-0.3, -0.25) is 4.68 Å². The Morgan fingerprint density at radius 3 is 2.84 bits per heavy atom. The van der Waals surface area contributed by atoms with Crippen molar-refractivity contribution in [3.63, 3.8) is 0 Å². The molecular weight excluding hydrogens is 234 g/mol. The first-order chi connectivity index (χ1) is 9.10. The van der Waals surface area contributed by atoms with Crippen LogP contribution in [-0.4, -0.2) is 16.3 Å². The van der Waals surface area contributed by atoms with Gasteiger partial charge in [-0.15, -0.1) is 0 Å². The lowest BCUT2D eigenvalue weighted by Crippen LogP contribution is -2.35. The molecule has 1 heterocycles. The Hall–Kier alpha value is -0.830. The van der Waals surface area contributed by atoms with E-state index in [2.05, 4.69) is 48.9 Å². The van der Waals surface area contributed by atoms with E-state index in [1.807, 2.05) is 6.20 Å². The Morgan fingerprint density at radius 1 is 1.47 bits per heavy atom. The van der Waals surface area contributed by atoms with E-state index >= 15 is 0 Å². The van der Waals surface area contributed by atoms with Crippen molar-refractivity contribution in [2.75, 3.05) is 6.54 Å². The van der Waals surface area contributed by atoms with Gasteiger partial charge >= 0.3 is 0 Å². The van der Waals surface area contributed by atoms with Crippen LogP contribution in [0.5, 0.6) is 0 Å². The standard InChI is InChI=1S/C16H29N3/c1-5-12-19-14(9-11-18-19)15(17-6-2)13-8-7-10-16(13,3)4/h9,11,13,15,17H,5-8,10,12H2,1-4H3. The Kier molecular flexibility index (Phi) is 4.67. The molecule has 1 aromatic rings. The Morgan fingerprint density at radius 2 is 2.26 bits per heavy atom. The van der Waals surface area contributed by atoms with Crippen LogP contribution in [0.15, 0.2) is 12.3 Å². The average Bonchev–Trinajstić information content (AvgIpc) is 2.94. The van der Waals surface area contributed by atoms with E-state index in [1.54, 1.807) is 0 Å². The molecule has 19 heavy (non-hydrogen) atoms. The van der Waals surface area contributed by atoms with Crippen LogP contribution < -0.4 is 5.32 Å². The summed E-state index contributed by atoms with van der Waals surface area (Å²) in [6.07, 6.45) is 7.14. The number of hydrogen-bond acceptors (Lipinski definition) is 2. The Labute approximate surface area is 117 Å². The van der Waals surface area contributed by atoms with Crippen molar-refractivity contribution < 1.29 is 0 Å². The minimum Gasteiger partial charge on any atom is -0.309 e. The summed E-state index contributed by atoms with van der Waals surface area (Å²) < 4.78 is 2.20. The van der Waals surface area contributed by atoms with Crippen molar-refractivity contribution in [1.82, 2.24) is 15.1 Å². The third kappa shape index (κ3) is 3.02. The van der Waals surface area contributed by atoms with Crippen molar-refractivity contribution in [2.45, 2.75) is 66.0 Å². The van der Waals surface area contributed by atoms with Crippen molar-refractivity contribution in [3.05, 3.63) is 18.0 Å². The van der Waals surface area contributed by atoms with Crippen molar-refractivity contribution in [2.24, 2.45) is 11.3 Å². The van der Waals surface area contributed by atoms with Crippen LogP contribution in [0.3, 0.4) is 0 Å². The molecule has 3 nitrogen and oxygen atoms in total. The molecule has 2 rings (SSSR count). The van der Waals surface area contributed by atoms with E-state index in [1.165, 1.54) is 25.0 Å². The summed E-state index contributed by atoms with van der Waals surface area (Å²) in [5.74, 6) is 0.722. The minimum atomic E-state index is 0.439. The molecule has 0 aromatic carbocycles. The van der Waals surface area contributed by atoms with Crippen LogP contribution in [0.1, 0.15) is 65.1 Å². The molecule has 0 amide bonds. The zero-order valence-corrected chi connectivity index (χ0v) is 12.9. The molecule has 2 unspecified atom stereocenters. The van der Waals surface area contributed by atoms with E-state index in [0.29, 0.717) is 11.5 Å². The third-order valence-electron chi connectivity index (χ3n) is 4.67. The average molecular weight is 263 g/mol. The summed E-state index contributed by atoms with van der Waals surface area (Å²) in [4.78, 5) is 0. The van der Waals surface area contributed by atoms with Crippen molar-refractivity contribution >= 4 is 0 Å². The zero-order chi connectivity index (χ0) is 13.9. The Balaban J connectivity index is 2.26. The fourth-order valence-corrected chi connectivity index (χ4v) is 3.65. The molecule has 1 aliphatic carbocycles. The summed E-state index contributed by atoms with van der Waals surface area (Å²) in [5.41, 5.74) is 1.82. The monoisotopic (exact) mass is 263 g/mol. The summed E-state index contributed by atoms with van der Waals surface area (Å²) in [6.45, 7) is 11.3. The highest BCUT2D eigenvalue weighted by atomic mass is 15.3. The number of rotatable bonds is 6.